The van der Waals surface area contributed by atoms with Crippen molar-refractivity contribution in [3.05, 3.63) is 18.0 Å². The molecule has 0 aromatic carbocycles. The van der Waals surface area contributed by atoms with Gasteiger partial charge in [-0.05, 0) is 38.5 Å². The van der Waals surface area contributed by atoms with Crippen LogP contribution < -0.4 is 5.32 Å². The molecule has 6 nitrogen and oxygen atoms in total. The maximum absolute atomic E-state index is 12.3. The molecule has 1 amide bonds. The van der Waals surface area contributed by atoms with Crippen molar-refractivity contribution < 1.29 is 14.3 Å². The number of aromatic nitrogens is 2. The van der Waals surface area contributed by atoms with Crippen LogP contribution in [0.1, 0.15) is 44.3 Å². The van der Waals surface area contributed by atoms with Gasteiger partial charge in [-0.2, -0.15) is 5.10 Å². The summed E-state index contributed by atoms with van der Waals surface area (Å²) in [5.41, 5.74) is 1.01. The van der Waals surface area contributed by atoms with Gasteiger partial charge in [-0.25, -0.2) is 0 Å². The lowest BCUT2D eigenvalue weighted by Gasteiger charge is -2.32. The highest BCUT2D eigenvalue weighted by molar-refractivity contribution is 5.80. The third-order valence-electron chi connectivity index (χ3n) is 4.35. The van der Waals surface area contributed by atoms with E-state index < -0.39 is 6.10 Å². The Kier molecular flexibility index (Phi) is 4.78. The Hall–Kier alpha value is -1.40. The molecule has 0 radical (unpaired) electrons. The van der Waals surface area contributed by atoms with Crippen molar-refractivity contribution >= 4 is 5.91 Å². The van der Waals surface area contributed by atoms with Gasteiger partial charge in [0.05, 0.1) is 18.8 Å². The maximum atomic E-state index is 12.3. The molecule has 3 atom stereocenters. The van der Waals surface area contributed by atoms with Gasteiger partial charge in [0.1, 0.15) is 12.2 Å². The predicted molar refractivity (Wildman–Crippen MR) is 81.2 cm³/mol. The summed E-state index contributed by atoms with van der Waals surface area (Å²) < 4.78 is 13.3. The molecule has 2 aliphatic rings. The monoisotopic (exact) mass is 307 g/mol. The minimum Gasteiger partial charge on any atom is -0.371 e. The van der Waals surface area contributed by atoms with E-state index in [9.17, 15) is 4.79 Å². The van der Waals surface area contributed by atoms with Gasteiger partial charge in [-0.1, -0.05) is 0 Å². The number of ether oxygens (including phenoxy) is 2. The summed E-state index contributed by atoms with van der Waals surface area (Å²) in [4.78, 5) is 12.3. The van der Waals surface area contributed by atoms with E-state index in [1.807, 2.05) is 26.4 Å². The summed E-state index contributed by atoms with van der Waals surface area (Å²) in [6, 6.07) is -0.0163. The summed E-state index contributed by atoms with van der Waals surface area (Å²) in [5.74, 6) is 0.612. The van der Waals surface area contributed by atoms with E-state index in [0.29, 0.717) is 12.5 Å². The standard InChI is InChI=1S/C16H25N3O3/c1-11(22-10-12-5-6-12)16(20)18-14-4-3-7-21-15(14)13-8-17-19(2)9-13/h8-9,11-12,14-15H,3-7,10H2,1-2H3,(H,18,20)/t11?,14-,15+/m0/s1. The minimum absolute atomic E-state index is 0.0163. The first-order valence-corrected chi connectivity index (χ1v) is 8.15. The van der Waals surface area contributed by atoms with E-state index in [4.69, 9.17) is 9.47 Å². The Morgan fingerprint density at radius 2 is 2.36 bits per heavy atom. The van der Waals surface area contributed by atoms with E-state index in [2.05, 4.69) is 10.4 Å². The minimum atomic E-state index is -0.405. The second-order valence-electron chi connectivity index (χ2n) is 6.41. The van der Waals surface area contributed by atoms with Gasteiger partial charge in [-0.15, -0.1) is 0 Å². The van der Waals surface area contributed by atoms with Crippen molar-refractivity contribution in [2.75, 3.05) is 13.2 Å². The van der Waals surface area contributed by atoms with Crippen LogP contribution >= 0.6 is 0 Å². The quantitative estimate of drug-likeness (QED) is 0.866. The van der Waals surface area contributed by atoms with Crippen molar-refractivity contribution in [1.29, 1.82) is 0 Å². The van der Waals surface area contributed by atoms with Gasteiger partial charge in [0.2, 0.25) is 5.91 Å². The number of carbonyl (C=O) groups is 1. The van der Waals surface area contributed by atoms with Crippen molar-refractivity contribution in [3.63, 3.8) is 0 Å². The fourth-order valence-electron chi connectivity index (χ4n) is 2.79. The first-order valence-electron chi connectivity index (χ1n) is 8.15. The fraction of sp³-hybridized carbons (Fsp3) is 0.750. The number of aryl methyl sites for hydroxylation is 1. The van der Waals surface area contributed by atoms with E-state index >= 15 is 0 Å². The first kappa shape index (κ1) is 15.5. The molecule has 22 heavy (non-hydrogen) atoms. The van der Waals surface area contributed by atoms with Crippen LogP contribution in [0.15, 0.2) is 12.4 Å². The summed E-state index contributed by atoms with van der Waals surface area (Å²) in [6.45, 7) is 3.24. The number of carbonyl (C=O) groups excluding carboxylic acids is 1. The third-order valence-corrected chi connectivity index (χ3v) is 4.35. The van der Waals surface area contributed by atoms with Crippen molar-refractivity contribution in [1.82, 2.24) is 15.1 Å². The van der Waals surface area contributed by atoms with Gasteiger partial charge in [0.15, 0.2) is 0 Å². The lowest BCUT2D eigenvalue weighted by atomic mass is 9.98. The number of nitrogens with zero attached hydrogens (tertiary/aromatic N) is 2. The molecule has 2 fully saturated rings. The zero-order valence-electron chi connectivity index (χ0n) is 13.3. The van der Waals surface area contributed by atoms with Crippen molar-refractivity contribution in [3.8, 4) is 0 Å². The fourth-order valence-corrected chi connectivity index (χ4v) is 2.79. The van der Waals surface area contributed by atoms with Crippen LogP contribution in [0.5, 0.6) is 0 Å². The molecule has 1 aromatic heterocycles. The highest BCUT2D eigenvalue weighted by Gasteiger charge is 2.31. The van der Waals surface area contributed by atoms with Crippen LogP contribution in [-0.2, 0) is 21.3 Å². The van der Waals surface area contributed by atoms with E-state index in [-0.39, 0.29) is 18.1 Å². The molecule has 122 valence electrons. The summed E-state index contributed by atoms with van der Waals surface area (Å²) >= 11 is 0. The Balaban J connectivity index is 1.57. The molecule has 0 spiro atoms. The molecular formula is C16H25N3O3. The Labute approximate surface area is 131 Å². The number of amides is 1. The Bertz CT molecular complexity index is 512. The number of nitrogens with one attached hydrogen (secondary N) is 1. The predicted octanol–water partition coefficient (Wildman–Crippen LogP) is 1.57. The topological polar surface area (TPSA) is 65.4 Å². The molecule has 0 bridgehead atoms. The van der Waals surface area contributed by atoms with Gasteiger partial charge in [-0.3, -0.25) is 9.48 Å². The van der Waals surface area contributed by atoms with Crippen LogP contribution in [-0.4, -0.2) is 41.0 Å². The number of rotatable bonds is 6. The van der Waals surface area contributed by atoms with E-state index in [1.54, 1.807) is 4.68 Å². The van der Waals surface area contributed by atoms with Crippen molar-refractivity contribution in [2.45, 2.75) is 50.9 Å². The number of hydrogen-bond donors (Lipinski definition) is 1. The zero-order chi connectivity index (χ0) is 15.5. The lowest BCUT2D eigenvalue weighted by molar-refractivity contribution is -0.135. The molecule has 1 saturated heterocycles. The molecule has 1 aliphatic carbocycles. The highest BCUT2D eigenvalue weighted by Crippen LogP contribution is 2.30. The largest absolute Gasteiger partial charge is 0.371 e. The summed E-state index contributed by atoms with van der Waals surface area (Å²) in [5, 5.41) is 7.29. The molecule has 1 unspecified atom stereocenters. The van der Waals surface area contributed by atoms with Crippen LogP contribution in [0.4, 0.5) is 0 Å². The molecular weight excluding hydrogens is 282 g/mol. The average Bonchev–Trinajstić information content (AvgIpc) is 3.25. The normalized spacial score (nSPS) is 26.6. The second kappa shape index (κ2) is 6.79. The molecule has 2 heterocycles. The second-order valence-corrected chi connectivity index (χ2v) is 6.41. The van der Waals surface area contributed by atoms with E-state index in [0.717, 1.165) is 25.0 Å². The van der Waals surface area contributed by atoms with Crippen molar-refractivity contribution in [2.24, 2.45) is 13.0 Å². The van der Waals surface area contributed by atoms with Crippen LogP contribution in [0.3, 0.4) is 0 Å². The third kappa shape index (κ3) is 3.87. The van der Waals surface area contributed by atoms with Crippen LogP contribution in [0.25, 0.3) is 0 Å². The number of hydrogen-bond acceptors (Lipinski definition) is 4. The molecule has 3 rings (SSSR count). The maximum Gasteiger partial charge on any atom is 0.249 e. The molecule has 1 aliphatic heterocycles. The average molecular weight is 307 g/mol. The Morgan fingerprint density at radius 3 is 3.05 bits per heavy atom. The first-order chi connectivity index (χ1) is 10.6. The van der Waals surface area contributed by atoms with Gasteiger partial charge in [0, 0.05) is 25.4 Å². The molecule has 1 saturated carbocycles. The van der Waals surface area contributed by atoms with Crippen LogP contribution in [0.2, 0.25) is 0 Å². The van der Waals surface area contributed by atoms with Crippen LogP contribution in [0, 0.1) is 5.92 Å². The smallest absolute Gasteiger partial charge is 0.249 e. The Morgan fingerprint density at radius 1 is 1.55 bits per heavy atom. The van der Waals surface area contributed by atoms with Gasteiger partial charge in [0.25, 0.3) is 0 Å². The molecule has 1 N–H and O–H groups in total. The molecule has 1 aromatic rings. The SMILES string of the molecule is CC(OCC1CC1)C(=O)N[C@H]1CCCO[C@@H]1c1cnn(C)c1. The highest BCUT2D eigenvalue weighted by atomic mass is 16.5. The van der Waals surface area contributed by atoms with Gasteiger partial charge < -0.3 is 14.8 Å². The summed E-state index contributed by atoms with van der Waals surface area (Å²) in [6.07, 6.45) is 7.56. The van der Waals surface area contributed by atoms with E-state index in [1.165, 1.54) is 12.8 Å². The summed E-state index contributed by atoms with van der Waals surface area (Å²) in [7, 11) is 1.88. The molecule has 6 heteroatoms. The van der Waals surface area contributed by atoms with Gasteiger partial charge >= 0.3 is 0 Å². The zero-order valence-corrected chi connectivity index (χ0v) is 13.3. The lowest BCUT2D eigenvalue weighted by Crippen LogP contribution is -2.46.